The number of rotatable bonds is 4. The van der Waals surface area contributed by atoms with Gasteiger partial charge >= 0.3 is 0 Å². The molecule has 0 spiro atoms. The summed E-state index contributed by atoms with van der Waals surface area (Å²) in [6.07, 6.45) is 3.26. The molecule has 2 aromatic rings. The van der Waals surface area contributed by atoms with E-state index in [1.165, 1.54) is 6.08 Å². The maximum absolute atomic E-state index is 12.4. The zero-order valence-electron chi connectivity index (χ0n) is 12.5. The quantitative estimate of drug-likeness (QED) is 0.596. The molecule has 0 N–H and O–H groups in total. The number of fused-ring (bicyclic) bond motifs is 1. The molecular formula is C18H15BrO4. The number of benzene rings is 2. The number of hydrogen-bond acceptors (Lipinski definition) is 4. The first-order valence-electron chi connectivity index (χ1n) is 7.13. The lowest BCUT2D eigenvalue weighted by Crippen LogP contribution is -2.15. The van der Waals surface area contributed by atoms with Gasteiger partial charge in [0.15, 0.2) is 17.3 Å². The number of methoxy groups -OCH3 is 1. The average molecular weight is 375 g/mol. The summed E-state index contributed by atoms with van der Waals surface area (Å²) in [5.74, 6) is 1.88. The van der Waals surface area contributed by atoms with Crippen LogP contribution in [0.4, 0.5) is 0 Å². The largest absolute Gasteiger partial charge is 0.496 e. The Hall–Kier alpha value is -2.27. The molecule has 0 aliphatic carbocycles. The van der Waals surface area contributed by atoms with Gasteiger partial charge in [-0.1, -0.05) is 15.9 Å². The molecular weight excluding hydrogens is 360 g/mol. The van der Waals surface area contributed by atoms with Gasteiger partial charge in [-0.25, -0.2) is 0 Å². The van der Waals surface area contributed by atoms with Crippen LogP contribution in [0.2, 0.25) is 0 Å². The third-order valence-corrected chi connectivity index (χ3v) is 3.93. The van der Waals surface area contributed by atoms with Gasteiger partial charge in [-0.3, -0.25) is 4.79 Å². The molecule has 1 aliphatic heterocycles. The van der Waals surface area contributed by atoms with E-state index in [1.54, 1.807) is 31.4 Å². The van der Waals surface area contributed by atoms with Crippen molar-refractivity contribution in [3.05, 3.63) is 58.1 Å². The molecule has 0 atom stereocenters. The van der Waals surface area contributed by atoms with Crippen molar-refractivity contribution < 1.29 is 19.0 Å². The summed E-state index contributed by atoms with van der Waals surface area (Å²) in [6, 6.07) is 10.8. The Balaban J connectivity index is 1.83. The van der Waals surface area contributed by atoms with Gasteiger partial charge in [0.2, 0.25) is 0 Å². The van der Waals surface area contributed by atoms with Crippen LogP contribution in [-0.4, -0.2) is 26.1 Å². The summed E-state index contributed by atoms with van der Waals surface area (Å²) < 4.78 is 17.2. The Kier molecular flexibility index (Phi) is 4.67. The van der Waals surface area contributed by atoms with E-state index >= 15 is 0 Å². The van der Waals surface area contributed by atoms with Crippen LogP contribution in [0.3, 0.4) is 0 Å². The summed E-state index contributed by atoms with van der Waals surface area (Å²) in [6.45, 7) is 1.03. The van der Waals surface area contributed by atoms with Crippen LogP contribution in [-0.2, 0) is 0 Å². The molecule has 23 heavy (non-hydrogen) atoms. The molecule has 0 saturated heterocycles. The van der Waals surface area contributed by atoms with Gasteiger partial charge in [0.25, 0.3) is 0 Å². The third kappa shape index (κ3) is 3.56. The van der Waals surface area contributed by atoms with Crippen LogP contribution in [0, 0.1) is 0 Å². The van der Waals surface area contributed by atoms with E-state index < -0.39 is 0 Å². The predicted octanol–water partition coefficient (Wildman–Crippen LogP) is 4.13. The highest BCUT2D eigenvalue weighted by atomic mass is 79.9. The molecule has 1 heterocycles. The fourth-order valence-electron chi connectivity index (χ4n) is 2.29. The lowest BCUT2D eigenvalue weighted by Gasteiger charge is -2.18. The molecule has 118 valence electrons. The number of hydrogen-bond donors (Lipinski definition) is 0. The first kappa shape index (κ1) is 15.6. The van der Waals surface area contributed by atoms with Crippen molar-refractivity contribution in [1.29, 1.82) is 0 Å². The van der Waals surface area contributed by atoms with Crippen LogP contribution < -0.4 is 14.2 Å². The van der Waals surface area contributed by atoms with Crippen LogP contribution in [0.15, 0.2) is 46.9 Å². The SMILES string of the molecule is COc1ccc(Br)cc1C=CC(=O)c1ccc2c(c1)OCCO2. The zero-order valence-corrected chi connectivity index (χ0v) is 14.1. The molecule has 3 rings (SSSR count). The maximum atomic E-state index is 12.4. The number of carbonyl (C=O) groups excluding carboxylic acids is 1. The van der Waals surface area contributed by atoms with Gasteiger partial charge in [0.05, 0.1) is 7.11 Å². The molecule has 4 nitrogen and oxygen atoms in total. The first-order valence-corrected chi connectivity index (χ1v) is 7.92. The Labute approximate surface area is 142 Å². The molecule has 0 radical (unpaired) electrons. The fourth-order valence-corrected chi connectivity index (χ4v) is 2.67. The number of halogens is 1. The molecule has 1 aliphatic rings. The van der Waals surface area contributed by atoms with Crippen LogP contribution in [0.1, 0.15) is 15.9 Å². The van der Waals surface area contributed by atoms with Gasteiger partial charge in [-0.2, -0.15) is 0 Å². The minimum Gasteiger partial charge on any atom is -0.496 e. The normalized spacial score (nSPS) is 13.1. The highest BCUT2D eigenvalue weighted by Gasteiger charge is 2.13. The van der Waals surface area contributed by atoms with Gasteiger partial charge < -0.3 is 14.2 Å². The first-order chi connectivity index (χ1) is 11.2. The minimum atomic E-state index is -0.107. The van der Waals surface area contributed by atoms with Crippen molar-refractivity contribution in [2.45, 2.75) is 0 Å². The summed E-state index contributed by atoms with van der Waals surface area (Å²) in [7, 11) is 1.60. The smallest absolute Gasteiger partial charge is 0.185 e. The van der Waals surface area contributed by atoms with E-state index in [9.17, 15) is 4.79 Å². The Morgan fingerprint density at radius 2 is 1.91 bits per heavy atom. The molecule has 0 fully saturated rings. The summed E-state index contributed by atoms with van der Waals surface area (Å²) in [4.78, 5) is 12.4. The second-order valence-corrected chi connectivity index (χ2v) is 5.86. The van der Waals surface area contributed by atoms with E-state index in [4.69, 9.17) is 14.2 Å². The average Bonchev–Trinajstić information content (AvgIpc) is 2.59. The minimum absolute atomic E-state index is 0.107. The second kappa shape index (κ2) is 6.87. The summed E-state index contributed by atoms with van der Waals surface area (Å²) in [5.41, 5.74) is 1.38. The topological polar surface area (TPSA) is 44.8 Å². The fraction of sp³-hybridized carbons (Fsp3) is 0.167. The third-order valence-electron chi connectivity index (χ3n) is 3.43. The standard InChI is InChI=1S/C18H15BrO4/c1-21-16-7-4-14(19)10-13(16)2-5-15(20)12-3-6-17-18(11-12)23-9-8-22-17/h2-7,10-11H,8-9H2,1H3. The van der Waals surface area contributed by atoms with Crippen molar-refractivity contribution in [3.8, 4) is 17.2 Å². The molecule has 0 aromatic heterocycles. The van der Waals surface area contributed by atoms with Crippen molar-refractivity contribution in [1.82, 2.24) is 0 Å². The van der Waals surface area contributed by atoms with E-state index in [2.05, 4.69) is 15.9 Å². The van der Waals surface area contributed by atoms with Gasteiger partial charge in [-0.15, -0.1) is 0 Å². The number of ether oxygens (including phenoxy) is 3. The van der Waals surface area contributed by atoms with Crippen molar-refractivity contribution in [2.24, 2.45) is 0 Å². The van der Waals surface area contributed by atoms with Crippen molar-refractivity contribution in [2.75, 3.05) is 20.3 Å². The monoisotopic (exact) mass is 374 g/mol. The Morgan fingerprint density at radius 3 is 2.70 bits per heavy atom. The summed E-state index contributed by atoms with van der Waals surface area (Å²) in [5, 5.41) is 0. The van der Waals surface area contributed by atoms with Crippen molar-refractivity contribution in [3.63, 3.8) is 0 Å². The molecule has 0 unspecified atom stereocenters. The maximum Gasteiger partial charge on any atom is 0.185 e. The van der Waals surface area contributed by atoms with Gasteiger partial charge in [-0.05, 0) is 48.6 Å². The van der Waals surface area contributed by atoms with Gasteiger partial charge in [0.1, 0.15) is 19.0 Å². The molecule has 2 aromatic carbocycles. The van der Waals surface area contributed by atoms with E-state index in [1.807, 2.05) is 18.2 Å². The molecule has 0 saturated carbocycles. The van der Waals surface area contributed by atoms with Crippen molar-refractivity contribution >= 4 is 27.8 Å². The lowest BCUT2D eigenvalue weighted by atomic mass is 10.1. The molecule has 5 heteroatoms. The number of carbonyl (C=O) groups is 1. The van der Waals surface area contributed by atoms with Gasteiger partial charge in [0, 0.05) is 15.6 Å². The summed E-state index contributed by atoms with van der Waals surface area (Å²) >= 11 is 3.41. The number of allylic oxidation sites excluding steroid dienone is 1. The van der Waals surface area contributed by atoms with Crippen LogP contribution >= 0.6 is 15.9 Å². The van der Waals surface area contributed by atoms with Crippen LogP contribution in [0.5, 0.6) is 17.2 Å². The zero-order chi connectivity index (χ0) is 16.2. The van der Waals surface area contributed by atoms with Crippen LogP contribution in [0.25, 0.3) is 6.08 Å². The highest BCUT2D eigenvalue weighted by molar-refractivity contribution is 9.10. The van der Waals surface area contributed by atoms with E-state index in [-0.39, 0.29) is 5.78 Å². The lowest BCUT2D eigenvalue weighted by molar-refractivity contribution is 0.104. The van der Waals surface area contributed by atoms with E-state index in [0.29, 0.717) is 36.0 Å². The Bertz CT molecular complexity index is 768. The predicted molar refractivity (Wildman–Crippen MR) is 91.5 cm³/mol. The molecule has 0 bridgehead atoms. The number of ketones is 1. The Morgan fingerprint density at radius 1 is 1.13 bits per heavy atom. The second-order valence-electron chi connectivity index (χ2n) is 4.94. The van der Waals surface area contributed by atoms with E-state index in [0.717, 1.165) is 10.0 Å². The molecule has 0 amide bonds. The highest BCUT2D eigenvalue weighted by Crippen LogP contribution is 2.31.